The molecule has 0 fully saturated rings. The predicted molar refractivity (Wildman–Crippen MR) is 142 cm³/mol. The molecule has 0 saturated heterocycles. The third-order valence-corrected chi connectivity index (χ3v) is 5.95. The highest BCUT2D eigenvalue weighted by atomic mass is 35.5. The van der Waals surface area contributed by atoms with Crippen molar-refractivity contribution in [1.29, 1.82) is 0 Å². The van der Waals surface area contributed by atoms with Gasteiger partial charge in [0.2, 0.25) is 0 Å². The summed E-state index contributed by atoms with van der Waals surface area (Å²) in [6.45, 7) is 1.97. The van der Waals surface area contributed by atoms with Gasteiger partial charge in [0.1, 0.15) is 0 Å². The molecule has 0 unspecified atom stereocenters. The monoisotopic (exact) mass is 483 g/mol. The van der Waals surface area contributed by atoms with E-state index >= 15 is 0 Å². The molecule has 8 heteroatoms. The van der Waals surface area contributed by atoms with Gasteiger partial charge in [0, 0.05) is 34.5 Å². The maximum atomic E-state index is 12.5. The van der Waals surface area contributed by atoms with Crippen LogP contribution < -0.4 is 21.3 Å². The lowest BCUT2D eigenvalue weighted by Crippen LogP contribution is -2.19. The summed E-state index contributed by atoms with van der Waals surface area (Å²) in [7, 11) is 0. The van der Waals surface area contributed by atoms with Crippen molar-refractivity contribution < 1.29 is 9.59 Å². The molecule has 0 spiro atoms. The molecule has 0 radical (unpaired) electrons. The third-order valence-electron chi connectivity index (χ3n) is 5.62. The molecule has 35 heavy (non-hydrogen) atoms. The second kappa shape index (κ2) is 9.40. The zero-order valence-corrected chi connectivity index (χ0v) is 19.5. The number of urea groups is 1. The van der Waals surface area contributed by atoms with Gasteiger partial charge in [-0.25, -0.2) is 4.79 Å². The molecule has 5 N–H and O–H groups in total. The first kappa shape index (κ1) is 22.3. The number of anilines is 5. The average molecular weight is 484 g/mol. The minimum Gasteiger partial charge on any atom is -0.362 e. The second-order valence-corrected chi connectivity index (χ2v) is 8.52. The number of rotatable bonds is 5. The number of aromatic nitrogens is 1. The quantitative estimate of drug-likeness (QED) is 0.201. The number of aryl methyl sites for hydroxylation is 1. The molecule has 2 heterocycles. The number of hydrogen-bond donors (Lipinski definition) is 5. The van der Waals surface area contributed by atoms with Crippen LogP contribution in [0.25, 0.3) is 11.6 Å². The van der Waals surface area contributed by atoms with Crippen molar-refractivity contribution in [1.82, 2.24) is 4.98 Å². The Kier molecular flexibility index (Phi) is 5.99. The van der Waals surface area contributed by atoms with Crippen LogP contribution in [0.2, 0.25) is 5.02 Å². The van der Waals surface area contributed by atoms with Gasteiger partial charge >= 0.3 is 6.03 Å². The number of para-hydroxylation sites is 1. The number of nitrogens with one attached hydrogen (secondary N) is 5. The van der Waals surface area contributed by atoms with E-state index in [-0.39, 0.29) is 5.91 Å². The first-order valence-corrected chi connectivity index (χ1v) is 11.3. The summed E-state index contributed by atoms with van der Waals surface area (Å²) >= 11 is 6.12. The van der Waals surface area contributed by atoms with E-state index < -0.39 is 6.03 Å². The Balaban J connectivity index is 1.32. The van der Waals surface area contributed by atoms with Crippen LogP contribution in [0.3, 0.4) is 0 Å². The van der Waals surface area contributed by atoms with Gasteiger partial charge in [0.25, 0.3) is 5.91 Å². The number of hydrogen-bond acceptors (Lipinski definition) is 3. The van der Waals surface area contributed by atoms with E-state index in [0.29, 0.717) is 22.0 Å². The van der Waals surface area contributed by atoms with Crippen molar-refractivity contribution in [3.05, 3.63) is 101 Å². The van der Waals surface area contributed by atoms with Crippen molar-refractivity contribution in [2.75, 3.05) is 21.3 Å². The molecule has 174 valence electrons. The number of benzene rings is 3. The minimum absolute atomic E-state index is 0.140. The van der Waals surface area contributed by atoms with E-state index in [2.05, 4.69) is 26.3 Å². The van der Waals surface area contributed by atoms with Gasteiger partial charge in [-0.2, -0.15) is 0 Å². The molecule has 5 rings (SSSR count). The van der Waals surface area contributed by atoms with Gasteiger partial charge in [-0.05, 0) is 67.1 Å². The van der Waals surface area contributed by atoms with Crippen LogP contribution in [0.1, 0.15) is 16.8 Å². The molecule has 0 saturated carbocycles. The summed E-state index contributed by atoms with van der Waals surface area (Å²) in [5.74, 6) is -0.140. The van der Waals surface area contributed by atoms with Crippen molar-refractivity contribution >= 4 is 63.6 Å². The van der Waals surface area contributed by atoms with Crippen LogP contribution >= 0.6 is 11.6 Å². The molecule has 1 aromatic heterocycles. The van der Waals surface area contributed by atoms with Gasteiger partial charge in [0.05, 0.1) is 22.0 Å². The molecule has 0 atom stereocenters. The molecular formula is C27H22ClN5O2. The molecule has 3 aromatic carbocycles. The lowest BCUT2D eigenvalue weighted by atomic mass is 10.1. The van der Waals surface area contributed by atoms with E-state index in [1.165, 1.54) is 0 Å². The zero-order chi connectivity index (χ0) is 24.4. The van der Waals surface area contributed by atoms with E-state index in [9.17, 15) is 9.59 Å². The van der Waals surface area contributed by atoms with Gasteiger partial charge in [-0.1, -0.05) is 35.9 Å². The smallest absolute Gasteiger partial charge is 0.323 e. The fraction of sp³-hybridized carbons (Fsp3) is 0.0370. The van der Waals surface area contributed by atoms with Gasteiger partial charge in [-0.3, -0.25) is 4.79 Å². The number of aromatic amines is 1. The highest BCUT2D eigenvalue weighted by molar-refractivity contribution is 6.35. The molecule has 0 bridgehead atoms. The van der Waals surface area contributed by atoms with E-state index in [4.69, 9.17) is 11.6 Å². The van der Waals surface area contributed by atoms with Crippen LogP contribution in [0.5, 0.6) is 0 Å². The summed E-state index contributed by atoms with van der Waals surface area (Å²) in [6, 6.07) is 21.8. The molecule has 3 amide bonds. The fourth-order valence-electron chi connectivity index (χ4n) is 3.84. The van der Waals surface area contributed by atoms with E-state index in [1.54, 1.807) is 24.3 Å². The van der Waals surface area contributed by atoms with Gasteiger partial charge < -0.3 is 26.3 Å². The van der Waals surface area contributed by atoms with Crippen molar-refractivity contribution in [2.45, 2.75) is 6.92 Å². The molecule has 0 aliphatic carbocycles. The maximum Gasteiger partial charge on any atom is 0.323 e. The molecule has 1 aliphatic heterocycles. The number of fused-ring (bicyclic) bond motifs is 1. The topological polar surface area (TPSA) is 98.0 Å². The van der Waals surface area contributed by atoms with Crippen molar-refractivity contribution in [2.24, 2.45) is 0 Å². The fourth-order valence-corrected chi connectivity index (χ4v) is 4.03. The van der Waals surface area contributed by atoms with E-state index in [1.807, 2.05) is 67.7 Å². The summed E-state index contributed by atoms with van der Waals surface area (Å²) in [5, 5.41) is 12.3. The first-order chi connectivity index (χ1) is 17.0. The first-order valence-electron chi connectivity index (χ1n) is 11.0. The largest absolute Gasteiger partial charge is 0.362 e. The van der Waals surface area contributed by atoms with E-state index in [0.717, 1.165) is 33.9 Å². The van der Waals surface area contributed by atoms with Crippen molar-refractivity contribution in [3.63, 3.8) is 0 Å². The highest BCUT2D eigenvalue weighted by Crippen LogP contribution is 2.36. The predicted octanol–water partition coefficient (Wildman–Crippen LogP) is 6.86. The number of amides is 3. The number of carbonyl (C=O) groups excluding carboxylic acids is 2. The number of carbonyl (C=O) groups is 2. The lowest BCUT2D eigenvalue weighted by molar-refractivity contribution is -0.110. The van der Waals surface area contributed by atoms with Crippen LogP contribution in [-0.2, 0) is 4.79 Å². The van der Waals surface area contributed by atoms with Crippen LogP contribution in [-0.4, -0.2) is 16.9 Å². The lowest BCUT2D eigenvalue weighted by Gasteiger charge is -2.14. The number of halogens is 1. The minimum atomic E-state index is -0.394. The number of H-pyrrole nitrogens is 1. The summed E-state index contributed by atoms with van der Waals surface area (Å²) in [5.41, 5.74) is 6.85. The Bertz CT molecular complexity index is 1460. The third kappa shape index (κ3) is 4.90. The Labute approximate surface area is 207 Å². The van der Waals surface area contributed by atoms with Gasteiger partial charge in [0.15, 0.2) is 0 Å². The Morgan fingerprint density at radius 1 is 0.914 bits per heavy atom. The summed E-state index contributed by atoms with van der Waals surface area (Å²) in [4.78, 5) is 28.0. The zero-order valence-electron chi connectivity index (χ0n) is 18.8. The average Bonchev–Trinajstić information content (AvgIpc) is 3.45. The highest BCUT2D eigenvalue weighted by Gasteiger charge is 2.24. The van der Waals surface area contributed by atoms with Crippen molar-refractivity contribution in [3.8, 4) is 0 Å². The maximum absolute atomic E-state index is 12.5. The van der Waals surface area contributed by atoms with Crippen LogP contribution in [0.15, 0.2) is 79.0 Å². The Morgan fingerprint density at radius 2 is 1.74 bits per heavy atom. The standard InChI is InChI=1S/C27H22ClN5O2/c1-16-8-9-19(31-27(35)33-23-7-3-2-6-22(23)28)14-24(16)30-18-10-11-20-21(13-17-5-4-12-29-17)26(34)32-25(20)15-18/h2-15,29-30H,1H3,(H,32,34)(H2,31,33,35)/b21-13-. The molecule has 4 aromatic rings. The Hall–Kier alpha value is -4.49. The molecule has 1 aliphatic rings. The summed E-state index contributed by atoms with van der Waals surface area (Å²) in [6.07, 6.45) is 3.65. The normalized spacial score (nSPS) is 13.3. The molecular weight excluding hydrogens is 462 g/mol. The second-order valence-electron chi connectivity index (χ2n) is 8.11. The molecule has 7 nitrogen and oxygen atoms in total. The van der Waals surface area contributed by atoms with Gasteiger partial charge in [-0.15, -0.1) is 0 Å². The SMILES string of the molecule is Cc1ccc(NC(=O)Nc2ccccc2Cl)cc1Nc1ccc2c(c1)NC(=O)/C2=C\c1ccc[nH]1. The van der Waals surface area contributed by atoms with Crippen LogP contribution in [0, 0.1) is 6.92 Å². The van der Waals surface area contributed by atoms with Crippen LogP contribution in [0.4, 0.5) is 33.2 Å². The summed E-state index contributed by atoms with van der Waals surface area (Å²) < 4.78 is 0. The Morgan fingerprint density at radius 3 is 2.54 bits per heavy atom.